The fraction of sp³-hybridized carbons (Fsp3) is 0.235. The van der Waals surface area contributed by atoms with Gasteiger partial charge in [0, 0.05) is 17.0 Å². The second-order valence-electron chi connectivity index (χ2n) is 4.97. The van der Waals surface area contributed by atoms with Crippen molar-refractivity contribution in [2.75, 3.05) is 0 Å². The molecule has 2 heteroatoms. The Balaban J connectivity index is 2.34. The molecule has 0 aliphatic heterocycles. The zero-order valence-electron chi connectivity index (χ0n) is 11.5. The maximum Gasteiger partial charge on any atom is 0.167 e. The van der Waals surface area contributed by atoms with Gasteiger partial charge in [-0.05, 0) is 43.5 Å². The third-order valence-electron chi connectivity index (χ3n) is 3.26. The van der Waals surface area contributed by atoms with Gasteiger partial charge in [0.2, 0.25) is 0 Å². The number of halogens is 1. The number of Topliss-reactive ketones (excluding diaryl/α,β-unsaturated/α-hetero) is 1. The molecule has 0 aliphatic rings. The summed E-state index contributed by atoms with van der Waals surface area (Å²) in [5, 5.41) is 0.651. The molecule has 0 bridgehead atoms. The predicted molar refractivity (Wildman–Crippen MR) is 80.1 cm³/mol. The van der Waals surface area contributed by atoms with Crippen molar-refractivity contribution in [2.45, 2.75) is 27.2 Å². The molecular weight excluding hydrogens is 256 g/mol. The first kappa shape index (κ1) is 13.8. The topological polar surface area (TPSA) is 17.1 Å². The predicted octanol–water partition coefficient (Wildman–Crippen LogP) is 4.69. The van der Waals surface area contributed by atoms with Crippen molar-refractivity contribution in [2.24, 2.45) is 0 Å². The van der Waals surface area contributed by atoms with Crippen LogP contribution in [0.15, 0.2) is 36.4 Å². The van der Waals surface area contributed by atoms with Gasteiger partial charge in [0.1, 0.15) is 0 Å². The molecule has 0 atom stereocenters. The van der Waals surface area contributed by atoms with Crippen molar-refractivity contribution in [3.63, 3.8) is 0 Å². The van der Waals surface area contributed by atoms with Gasteiger partial charge in [-0.15, -0.1) is 0 Å². The van der Waals surface area contributed by atoms with Crippen LogP contribution >= 0.6 is 11.6 Å². The molecule has 0 heterocycles. The highest BCUT2D eigenvalue weighted by Crippen LogP contribution is 2.21. The zero-order chi connectivity index (χ0) is 14.0. The number of carbonyl (C=O) groups is 1. The molecule has 0 radical (unpaired) electrons. The van der Waals surface area contributed by atoms with Gasteiger partial charge in [-0.1, -0.05) is 47.5 Å². The molecule has 19 heavy (non-hydrogen) atoms. The summed E-state index contributed by atoms with van der Waals surface area (Å²) in [4.78, 5) is 12.5. The van der Waals surface area contributed by atoms with E-state index in [0.29, 0.717) is 11.4 Å². The van der Waals surface area contributed by atoms with E-state index in [9.17, 15) is 4.79 Å². The van der Waals surface area contributed by atoms with E-state index in [0.717, 1.165) is 22.3 Å². The number of benzene rings is 2. The molecule has 2 aromatic rings. The lowest BCUT2D eigenvalue weighted by atomic mass is 9.93. The van der Waals surface area contributed by atoms with Crippen molar-refractivity contribution in [3.8, 4) is 0 Å². The summed E-state index contributed by atoms with van der Waals surface area (Å²) in [6, 6.07) is 11.6. The van der Waals surface area contributed by atoms with Crippen LogP contribution in [0.4, 0.5) is 0 Å². The van der Waals surface area contributed by atoms with Gasteiger partial charge in [0.15, 0.2) is 5.78 Å². The minimum atomic E-state index is 0.128. The van der Waals surface area contributed by atoms with Crippen LogP contribution in [0.3, 0.4) is 0 Å². The Labute approximate surface area is 119 Å². The highest BCUT2D eigenvalue weighted by molar-refractivity contribution is 6.31. The van der Waals surface area contributed by atoms with E-state index in [4.69, 9.17) is 11.6 Å². The average Bonchev–Trinajstić information content (AvgIpc) is 2.30. The molecule has 0 spiro atoms. The van der Waals surface area contributed by atoms with Crippen molar-refractivity contribution < 1.29 is 4.79 Å². The van der Waals surface area contributed by atoms with Gasteiger partial charge in [0.25, 0.3) is 0 Å². The Hall–Kier alpha value is -1.60. The van der Waals surface area contributed by atoms with Gasteiger partial charge in [-0.25, -0.2) is 0 Å². The van der Waals surface area contributed by atoms with E-state index < -0.39 is 0 Å². The van der Waals surface area contributed by atoms with Crippen molar-refractivity contribution in [1.82, 2.24) is 0 Å². The lowest BCUT2D eigenvalue weighted by molar-refractivity contribution is 0.0992. The molecule has 0 saturated heterocycles. The second kappa shape index (κ2) is 5.58. The monoisotopic (exact) mass is 272 g/mol. The Morgan fingerprint density at radius 1 is 1.05 bits per heavy atom. The Bertz CT molecular complexity index is 606. The number of ketones is 1. The molecule has 0 amide bonds. The lowest BCUT2D eigenvalue weighted by Gasteiger charge is -2.11. The summed E-state index contributed by atoms with van der Waals surface area (Å²) in [5.74, 6) is 0.128. The SMILES string of the molecule is Cc1cc(C)c(C(=O)Cc2ccccc2Cl)c(C)c1. The number of hydrogen-bond donors (Lipinski definition) is 0. The number of rotatable bonds is 3. The minimum Gasteiger partial charge on any atom is -0.294 e. The summed E-state index contributed by atoms with van der Waals surface area (Å²) in [6.45, 7) is 6.02. The molecule has 0 aromatic heterocycles. The maximum absolute atomic E-state index is 12.5. The summed E-state index contributed by atoms with van der Waals surface area (Å²) < 4.78 is 0. The quantitative estimate of drug-likeness (QED) is 0.741. The smallest absolute Gasteiger partial charge is 0.167 e. The zero-order valence-corrected chi connectivity index (χ0v) is 12.2. The normalized spacial score (nSPS) is 10.5. The number of carbonyl (C=O) groups excluding carboxylic acids is 1. The number of hydrogen-bond acceptors (Lipinski definition) is 1. The summed E-state index contributed by atoms with van der Waals surface area (Å²) in [5.41, 5.74) is 4.97. The van der Waals surface area contributed by atoms with Crippen molar-refractivity contribution in [3.05, 3.63) is 69.2 Å². The molecule has 98 valence electrons. The summed E-state index contributed by atoms with van der Waals surface area (Å²) in [7, 11) is 0. The summed E-state index contributed by atoms with van der Waals surface area (Å²) >= 11 is 6.11. The van der Waals surface area contributed by atoms with Crippen molar-refractivity contribution >= 4 is 17.4 Å². The second-order valence-corrected chi connectivity index (χ2v) is 5.37. The fourth-order valence-corrected chi connectivity index (χ4v) is 2.73. The highest BCUT2D eigenvalue weighted by Gasteiger charge is 2.14. The first-order chi connectivity index (χ1) is 8.99. The van der Waals surface area contributed by atoms with Gasteiger partial charge in [-0.2, -0.15) is 0 Å². The van der Waals surface area contributed by atoms with E-state index in [2.05, 4.69) is 0 Å². The van der Waals surface area contributed by atoms with Crippen LogP contribution in [0, 0.1) is 20.8 Å². The minimum absolute atomic E-state index is 0.128. The Morgan fingerprint density at radius 3 is 2.21 bits per heavy atom. The van der Waals surface area contributed by atoms with Crippen LogP contribution in [0.1, 0.15) is 32.6 Å². The molecule has 2 aromatic carbocycles. The Morgan fingerprint density at radius 2 is 1.63 bits per heavy atom. The van der Waals surface area contributed by atoms with Crippen LogP contribution in [0.5, 0.6) is 0 Å². The molecule has 0 N–H and O–H groups in total. The first-order valence-corrected chi connectivity index (χ1v) is 6.71. The average molecular weight is 273 g/mol. The lowest BCUT2D eigenvalue weighted by Crippen LogP contribution is -2.08. The first-order valence-electron chi connectivity index (χ1n) is 6.33. The number of aryl methyl sites for hydroxylation is 3. The van der Waals surface area contributed by atoms with Crippen molar-refractivity contribution in [1.29, 1.82) is 0 Å². The van der Waals surface area contributed by atoms with Gasteiger partial charge < -0.3 is 0 Å². The highest BCUT2D eigenvalue weighted by atomic mass is 35.5. The maximum atomic E-state index is 12.5. The van der Waals surface area contributed by atoms with Gasteiger partial charge in [0.05, 0.1) is 0 Å². The largest absolute Gasteiger partial charge is 0.294 e. The van der Waals surface area contributed by atoms with E-state index in [1.165, 1.54) is 5.56 Å². The van der Waals surface area contributed by atoms with Crippen LogP contribution < -0.4 is 0 Å². The van der Waals surface area contributed by atoms with E-state index >= 15 is 0 Å². The van der Waals surface area contributed by atoms with Gasteiger partial charge in [-0.3, -0.25) is 4.79 Å². The molecule has 2 rings (SSSR count). The third kappa shape index (κ3) is 3.05. The van der Waals surface area contributed by atoms with E-state index in [-0.39, 0.29) is 5.78 Å². The molecule has 0 aliphatic carbocycles. The molecule has 0 unspecified atom stereocenters. The van der Waals surface area contributed by atoms with Gasteiger partial charge >= 0.3 is 0 Å². The van der Waals surface area contributed by atoms with E-state index in [1.807, 2.05) is 57.2 Å². The standard InChI is InChI=1S/C17H17ClO/c1-11-8-12(2)17(13(3)9-11)16(19)10-14-6-4-5-7-15(14)18/h4-9H,10H2,1-3H3. The summed E-state index contributed by atoms with van der Waals surface area (Å²) in [6.07, 6.45) is 0.352. The van der Waals surface area contributed by atoms with Crippen LogP contribution in [-0.2, 0) is 6.42 Å². The molecule has 0 saturated carbocycles. The van der Waals surface area contributed by atoms with Crippen LogP contribution in [0.2, 0.25) is 5.02 Å². The van der Waals surface area contributed by atoms with Crippen LogP contribution in [-0.4, -0.2) is 5.78 Å². The molecular formula is C17H17ClO. The Kier molecular flexibility index (Phi) is 4.06. The molecule has 0 fully saturated rings. The van der Waals surface area contributed by atoms with E-state index in [1.54, 1.807) is 0 Å². The molecule has 1 nitrogen and oxygen atoms in total. The third-order valence-corrected chi connectivity index (χ3v) is 3.63. The van der Waals surface area contributed by atoms with Crippen LogP contribution in [0.25, 0.3) is 0 Å². The fourth-order valence-electron chi connectivity index (χ4n) is 2.52.